The first-order valence-electron chi connectivity index (χ1n) is 6.39. The Morgan fingerprint density at radius 1 is 1.14 bits per heavy atom. The highest BCUT2D eigenvalue weighted by molar-refractivity contribution is 9.11. The van der Waals surface area contributed by atoms with Crippen molar-refractivity contribution in [3.05, 3.63) is 55.6 Å². The van der Waals surface area contributed by atoms with Gasteiger partial charge in [0.2, 0.25) is 11.8 Å². The molecule has 0 bridgehead atoms. The van der Waals surface area contributed by atoms with E-state index in [9.17, 15) is 9.59 Å². The van der Waals surface area contributed by atoms with Crippen LogP contribution in [0.25, 0.3) is 0 Å². The molecule has 0 aliphatic carbocycles. The number of carbonyl (C=O) groups excluding carboxylic acids is 2. The Labute approximate surface area is 139 Å². The van der Waals surface area contributed by atoms with Crippen molar-refractivity contribution in [2.45, 2.75) is 18.3 Å². The molecular weight excluding hydrogens is 374 g/mol. The van der Waals surface area contributed by atoms with Gasteiger partial charge >= 0.3 is 0 Å². The molecule has 1 aromatic heterocycles. The molecule has 1 aliphatic heterocycles. The summed E-state index contributed by atoms with van der Waals surface area (Å²) >= 11 is 10.9. The largest absolute Gasteiger partial charge is 0.296 e. The number of imide groups is 1. The number of carbonyl (C=O) groups is 2. The van der Waals surface area contributed by atoms with Crippen LogP contribution < -0.4 is 5.32 Å². The maximum absolute atomic E-state index is 12.3. The normalized spacial score (nSPS) is 22.2. The molecule has 0 radical (unpaired) electrons. The molecule has 0 spiro atoms. The Morgan fingerprint density at radius 3 is 2.48 bits per heavy atom. The molecule has 1 aromatic carbocycles. The van der Waals surface area contributed by atoms with Gasteiger partial charge in [0.15, 0.2) is 0 Å². The van der Waals surface area contributed by atoms with Crippen LogP contribution in [0.15, 0.2) is 40.2 Å². The molecule has 2 amide bonds. The van der Waals surface area contributed by atoms with Crippen LogP contribution in [-0.4, -0.2) is 11.8 Å². The first kappa shape index (κ1) is 14.8. The summed E-state index contributed by atoms with van der Waals surface area (Å²) in [7, 11) is 0. The lowest BCUT2D eigenvalue weighted by Gasteiger charge is -2.29. The summed E-state index contributed by atoms with van der Waals surface area (Å²) in [6.07, 6.45) is 0.311. The smallest absolute Gasteiger partial charge is 0.234 e. The maximum atomic E-state index is 12.3. The van der Waals surface area contributed by atoms with E-state index in [4.69, 9.17) is 11.6 Å². The van der Waals surface area contributed by atoms with Crippen molar-refractivity contribution in [2.24, 2.45) is 0 Å². The monoisotopic (exact) mass is 383 g/mol. The molecule has 21 heavy (non-hydrogen) atoms. The van der Waals surface area contributed by atoms with E-state index in [2.05, 4.69) is 21.2 Å². The lowest BCUT2D eigenvalue weighted by molar-refractivity contribution is -0.135. The Bertz CT molecular complexity index is 698. The van der Waals surface area contributed by atoms with E-state index in [-0.39, 0.29) is 23.7 Å². The molecule has 1 N–H and O–H groups in total. The standard InChI is InChI=1S/C15H11BrClNO2S/c16-12-6-5-11(21-12)10-7-13(19)18-15(20)14(10)8-1-3-9(17)4-2-8/h1-6,10,14H,7H2,(H,18,19,20). The van der Waals surface area contributed by atoms with E-state index >= 15 is 0 Å². The zero-order valence-corrected chi connectivity index (χ0v) is 14.0. The van der Waals surface area contributed by atoms with Crippen LogP contribution in [0.2, 0.25) is 5.02 Å². The topological polar surface area (TPSA) is 46.2 Å². The highest BCUT2D eigenvalue weighted by Crippen LogP contribution is 2.42. The third-order valence-corrected chi connectivity index (χ3v) is 5.55. The van der Waals surface area contributed by atoms with Gasteiger partial charge in [-0.1, -0.05) is 23.7 Å². The molecule has 2 unspecified atom stereocenters. The molecule has 1 aliphatic rings. The number of nitrogens with one attached hydrogen (secondary N) is 1. The SMILES string of the molecule is O=C1CC(c2ccc(Br)s2)C(c2ccc(Cl)cc2)C(=O)N1. The van der Waals surface area contributed by atoms with E-state index in [1.54, 1.807) is 23.5 Å². The minimum Gasteiger partial charge on any atom is -0.296 e. The fourth-order valence-electron chi connectivity index (χ4n) is 2.61. The van der Waals surface area contributed by atoms with E-state index in [0.717, 1.165) is 14.2 Å². The average Bonchev–Trinajstić information content (AvgIpc) is 2.86. The van der Waals surface area contributed by atoms with Gasteiger partial charge in [-0.05, 0) is 45.8 Å². The number of benzene rings is 1. The van der Waals surface area contributed by atoms with E-state index < -0.39 is 0 Å². The quantitative estimate of drug-likeness (QED) is 0.793. The molecule has 3 nitrogen and oxygen atoms in total. The second kappa shape index (κ2) is 5.91. The van der Waals surface area contributed by atoms with Crippen molar-refractivity contribution in [2.75, 3.05) is 0 Å². The molecule has 1 saturated heterocycles. The van der Waals surface area contributed by atoms with Crippen LogP contribution in [0.4, 0.5) is 0 Å². The molecular formula is C15H11BrClNO2S. The molecule has 6 heteroatoms. The summed E-state index contributed by atoms with van der Waals surface area (Å²) in [6.45, 7) is 0. The van der Waals surface area contributed by atoms with Crippen molar-refractivity contribution in [3.63, 3.8) is 0 Å². The molecule has 0 saturated carbocycles. The van der Waals surface area contributed by atoms with Crippen molar-refractivity contribution in [1.82, 2.24) is 5.32 Å². The zero-order valence-electron chi connectivity index (χ0n) is 10.8. The molecule has 2 atom stereocenters. The zero-order chi connectivity index (χ0) is 15.0. The third kappa shape index (κ3) is 3.05. The summed E-state index contributed by atoms with van der Waals surface area (Å²) in [4.78, 5) is 25.1. The number of piperidine rings is 1. The Balaban J connectivity index is 2.02. The van der Waals surface area contributed by atoms with Gasteiger partial charge < -0.3 is 0 Å². The van der Waals surface area contributed by atoms with Gasteiger partial charge in [-0.15, -0.1) is 11.3 Å². The van der Waals surface area contributed by atoms with Crippen molar-refractivity contribution in [1.29, 1.82) is 0 Å². The molecule has 2 heterocycles. The maximum Gasteiger partial charge on any atom is 0.234 e. The van der Waals surface area contributed by atoms with Crippen LogP contribution in [0, 0.1) is 0 Å². The van der Waals surface area contributed by atoms with Gasteiger partial charge in [-0.25, -0.2) is 0 Å². The number of hydrogen-bond acceptors (Lipinski definition) is 3. The summed E-state index contributed by atoms with van der Waals surface area (Å²) in [5, 5.41) is 3.06. The van der Waals surface area contributed by atoms with Crippen LogP contribution in [0.5, 0.6) is 0 Å². The van der Waals surface area contributed by atoms with Gasteiger partial charge in [0.1, 0.15) is 0 Å². The second-order valence-electron chi connectivity index (χ2n) is 4.89. The Kier molecular flexibility index (Phi) is 4.15. The second-order valence-corrected chi connectivity index (χ2v) is 7.83. The number of amides is 2. The minimum absolute atomic E-state index is 0.135. The summed E-state index contributed by atoms with van der Waals surface area (Å²) in [5.41, 5.74) is 0.874. The Morgan fingerprint density at radius 2 is 1.86 bits per heavy atom. The number of rotatable bonds is 2. The highest BCUT2D eigenvalue weighted by atomic mass is 79.9. The van der Waals surface area contributed by atoms with Gasteiger partial charge in [-0.3, -0.25) is 14.9 Å². The number of halogens is 2. The van der Waals surface area contributed by atoms with E-state index in [1.807, 2.05) is 24.3 Å². The van der Waals surface area contributed by atoms with Crippen molar-refractivity contribution in [3.8, 4) is 0 Å². The van der Waals surface area contributed by atoms with Crippen molar-refractivity contribution < 1.29 is 9.59 Å². The van der Waals surface area contributed by atoms with Gasteiger partial charge in [0.05, 0.1) is 9.70 Å². The van der Waals surface area contributed by atoms with Crippen LogP contribution in [0.1, 0.15) is 28.7 Å². The molecule has 108 valence electrons. The summed E-state index contributed by atoms with van der Waals surface area (Å²) in [5.74, 6) is -0.975. The van der Waals surface area contributed by atoms with Crippen LogP contribution in [0.3, 0.4) is 0 Å². The fraction of sp³-hybridized carbons (Fsp3) is 0.200. The predicted molar refractivity (Wildman–Crippen MR) is 86.7 cm³/mol. The van der Waals surface area contributed by atoms with Crippen LogP contribution in [-0.2, 0) is 9.59 Å². The van der Waals surface area contributed by atoms with Crippen molar-refractivity contribution >= 4 is 50.7 Å². The van der Waals surface area contributed by atoms with E-state index in [0.29, 0.717) is 11.4 Å². The molecule has 1 fully saturated rings. The first-order valence-corrected chi connectivity index (χ1v) is 8.38. The average molecular weight is 385 g/mol. The van der Waals surface area contributed by atoms with Gasteiger partial charge in [0.25, 0.3) is 0 Å². The fourth-order valence-corrected chi connectivity index (χ4v) is 4.30. The minimum atomic E-state index is -0.370. The van der Waals surface area contributed by atoms with E-state index in [1.165, 1.54) is 0 Å². The Hall–Kier alpha value is -1.17. The number of hydrogen-bond donors (Lipinski definition) is 1. The van der Waals surface area contributed by atoms with Gasteiger partial charge in [-0.2, -0.15) is 0 Å². The third-order valence-electron chi connectivity index (χ3n) is 3.54. The summed E-state index contributed by atoms with van der Waals surface area (Å²) in [6, 6.07) is 11.1. The first-order chi connectivity index (χ1) is 10.0. The van der Waals surface area contributed by atoms with Crippen LogP contribution >= 0.6 is 38.9 Å². The number of thiophene rings is 1. The lowest BCUT2D eigenvalue weighted by atomic mass is 9.80. The highest BCUT2D eigenvalue weighted by Gasteiger charge is 2.38. The summed E-state index contributed by atoms with van der Waals surface area (Å²) < 4.78 is 0.991. The lowest BCUT2D eigenvalue weighted by Crippen LogP contribution is -2.43. The molecule has 3 rings (SSSR count). The predicted octanol–water partition coefficient (Wildman–Crippen LogP) is 4.08. The van der Waals surface area contributed by atoms with Gasteiger partial charge in [0, 0.05) is 22.2 Å². The molecule has 2 aromatic rings.